The minimum atomic E-state index is -0.532. The summed E-state index contributed by atoms with van der Waals surface area (Å²) in [5, 5.41) is 3.32. The number of halogens is 1. The van der Waals surface area contributed by atoms with Crippen LogP contribution < -0.4 is 5.32 Å². The molecule has 0 fully saturated rings. The molecule has 1 N–H and O–H groups in total. The molecule has 144 valence electrons. The number of aryl methyl sites for hydroxylation is 1. The Morgan fingerprint density at radius 1 is 1.15 bits per heavy atom. The van der Waals surface area contributed by atoms with Crippen molar-refractivity contribution in [3.63, 3.8) is 0 Å². The van der Waals surface area contributed by atoms with Crippen molar-refractivity contribution in [3.8, 4) is 0 Å². The molecule has 1 atom stereocenters. The predicted molar refractivity (Wildman–Crippen MR) is 113 cm³/mol. The smallest absolute Gasteiger partial charge is 0.242 e. The van der Waals surface area contributed by atoms with Crippen LogP contribution in [0.15, 0.2) is 48.5 Å². The van der Waals surface area contributed by atoms with Gasteiger partial charge < -0.3 is 10.2 Å². The van der Waals surface area contributed by atoms with Gasteiger partial charge in [0.2, 0.25) is 11.8 Å². The summed E-state index contributed by atoms with van der Waals surface area (Å²) in [6.07, 6.45) is 0. The summed E-state index contributed by atoms with van der Waals surface area (Å²) < 4.78 is 0. The van der Waals surface area contributed by atoms with Crippen LogP contribution in [0.1, 0.15) is 23.6 Å². The lowest BCUT2D eigenvalue weighted by Gasteiger charge is -2.28. The van der Waals surface area contributed by atoms with E-state index in [1.165, 1.54) is 11.8 Å². The maximum atomic E-state index is 12.8. The molecule has 4 nitrogen and oxygen atoms in total. The zero-order valence-electron chi connectivity index (χ0n) is 15.9. The van der Waals surface area contributed by atoms with Crippen molar-refractivity contribution >= 4 is 35.2 Å². The quantitative estimate of drug-likeness (QED) is 0.722. The molecule has 6 heteroatoms. The number of thioether (sulfide) groups is 1. The third-order valence-electron chi connectivity index (χ3n) is 4.27. The first-order valence-corrected chi connectivity index (χ1v) is 10.3. The van der Waals surface area contributed by atoms with E-state index in [2.05, 4.69) is 5.32 Å². The van der Waals surface area contributed by atoms with Crippen LogP contribution >= 0.6 is 23.4 Å². The Kier molecular flexibility index (Phi) is 8.20. The lowest BCUT2D eigenvalue weighted by molar-refractivity contribution is -0.138. The molecule has 2 rings (SSSR count). The Morgan fingerprint density at radius 2 is 1.85 bits per heavy atom. The van der Waals surface area contributed by atoms with Crippen molar-refractivity contribution in [2.75, 3.05) is 12.8 Å². The Bertz CT molecular complexity index is 780. The average molecular weight is 405 g/mol. The van der Waals surface area contributed by atoms with Gasteiger partial charge in [-0.15, -0.1) is 11.8 Å². The fourth-order valence-electron chi connectivity index (χ4n) is 2.65. The SMILES string of the molecule is CNC(=O)[C@H](C)N(Cc1ccc(C)cc1)C(=O)CSCc1cccc(Cl)c1. The summed E-state index contributed by atoms with van der Waals surface area (Å²) in [4.78, 5) is 26.6. The van der Waals surface area contributed by atoms with E-state index in [1.54, 1.807) is 18.9 Å². The maximum absolute atomic E-state index is 12.8. The van der Waals surface area contributed by atoms with Gasteiger partial charge in [0.25, 0.3) is 0 Å². The number of carbonyl (C=O) groups is 2. The van der Waals surface area contributed by atoms with Gasteiger partial charge >= 0.3 is 0 Å². The van der Waals surface area contributed by atoms with Crippen LogP contribution in [0.3, 0.4) is 0 Å². The average Bonchev–Trinajstić information content (AvgIpc) is 2.66. The van der Waals surface area contributed by atoms with E-state index in [1.807, 2.05) is 55.5 Å². The van der Waals surface area contributed by atoms with Crippen LogP contribution in [-0.2, 0) is 21.9 Å². The first-order valence-electron chi connectivity index (χ1n) is 8.79. The second kappa shape index (κ2) is 10.4. The molecule has 2 aromatic carbocycles. The zero-order valence-corrected chi connectivity index (χ0v) is 17.4. The van der Waals surface area contributed by atoms with E-state index < -0.39 is 6.04 Å². The highest BCUT2D eigenvalue weighted by atomic mass is 35.5. The van der Waals surface area contributed by atoms with Gasteiger partial charge in [0.05, 0.1) is 5.75 Å². The van der Waals surface area contributed by atoms with Crippen LogP contribution in [0.4, 0.5) is 0 Å². The van der Waals surface area contributed by atoms with E-state index in [9.17, 15) is 9.59 Å². The molecule has 0 unspecified atom stereocenters. The van der Waals surface area contributed by atoms with Gasteiger partial charge in [-0.05, 0) is 37.1 Å². The molecule has 2 amide bonds. The lowest BCUT2D eigenvalue weighted by Crippen LogP contribution is -2.47. The number of amides is 2. The molecular weight excluding hydrogens is 380 g/mol. The normalized spacial score (nSPS) is 11.7. The fraction of sp³-hybridized carbons (Fsp3) is 0.333. The van der Waals surface area contributed by atoms with E-state index in [-0.39, 0.29) is 11.8 Å². The van der Waals surface area contributed by atoms with Gasteiger partial charge in [0.15, 0.2) is 0 Å². The number of likely N-dealkylation sites (N-methyl/N-ethyl adjacent to an activating group) is 1. The summed E-state index contributed by atoms with van der Waals surface area (Å²) in [6.45, 7) is 4.18. The summed E-state index contributed by atoms with van der Waals surface area (Å²) in [5.74, 6) is 0.771. The molecular formula is C21H25ClN2O2S. The van der Waals surface area contributed by atoms with Crippen LogP contribution in [0.25, 0.3) is 0 Å². The molecule has 0 aliphatic carbocycles. The van der Waals surface area contributed by atoms with Crippen molar-refractivity contribution in [1.29, 1.82) is 0 Å². The number of hydrogen-bond acceptors (Lipinski definition) is 3. The van der Waals surface area contributed by atoms with Crippen LogP contribution in [-0.4, -0.2) is 35.6 Å². The zero-order chi connectivity index (χ0) is 19.8. The summed E-state index contributed by atoms with van der Waals surface area (Å²) >= 11 is 7.52. The minimum Gasteiger partial charge on any atom is -0.357 e. The molecule has 0 aliphatic heterocycles. The molecule has 0 heterocycles. The third kappa shape index (κ3) is 6.60. The minimum absolute atomic E-state index is 0.0568. The van der Waals surface area contributed by atoms with Crippen LogP contribution in [0.2, 0.25) is 5.02 Å². The number of benzene rings is 2. The van der Waals surface area contributed by atoms with E-state index in [0.717, 1.165) is 16.7 Å². The molecule has 0 bridgehead atoms. The molecule has 0 saturated carbocycles. The third-order valence-corrected chi connectivity index (χ3v) is 5.49. The van der Waals surface area contributed by atoms with Crippen LogP contribution in [0.5, 0.6) is 0 Å². The molecule has 0 spiro atoms. The largest absolute Gasteiger partial charge is 0.357 e. The Labute approximate surface area is 170 Å². The highest BCUT2D eigenvalue weighted by molar-refractivity contribution is 7.99. The molecule has 27 heavy (non-hydrogen) atoms. The Morgan fingerprint density at radius 3 is 2.48 bits per heavy atom. The number of carbonyl (C=O) groups excluding carboxylic acids is 2. The summed E-state index contributed by atoms with van der Waals surface area (Å²) in [6, 6.07) is 15.1. The van der Waals surface area contributed by atoms with Crippen molar-refractivity contribution < 1.29 is 9.59 Å². The first kappa shape index (κ1) is 21.3. The van der Waals surface area contributed by atoms with E-state index in [0.29, 0.717) is 23.1 Å². The van der Waals surface area contributed by atoms with Gasteiger partial charge in [-0.1, -0.05) is 53.6 Å². The van der Waals surface area contributed by atoms with E-state index in [4.69, 9.17) is 11.6 Å². The highest BCUT2D eigenvalue weighted by Gasteiger charge is 2.25. The lowest BCUT2D eigenvalue weighted by atomic mass is 10.1. The molecule has 0 saturated heterocycles. The van der Waals surface area contributed by atoms with Gasteiger partial charge in [-0.2, -0.15) is 0 Å². The summed E-state index contributed by atoms with van der Waals surface area (Å²) in [7, 11) is 1.58. The van der Waals surface area contributed by atoms with Crippen LogP contribution in [0, 0.1) is 6.92 Å². The maximum Gasteiger partial charge on any atom is 0.242 e. The van der Waals surface area contributed by atoms with Crippen molar-refractivity contribution in [2.24, 2.45) is 0 Å². The molecule has 0 radical (unpaired) electrons. The van der Waals surface area contributed by atoms with Gasteiger partial charge in [0.1, 0.15) is 6.04 Å². The Balaban J connectivity index is 2.03. The van der Waals surface area contributed by atoms with Gasteiger partial charge in [-0.3, -0.25) is 9.59 Å². The van der Waals surface area contributed by atoms with Gasteiger partial charge in [0, 0.05) is 24.4 Å². The Hall–Kier alpha value is -1.98. The van der Waals surface area contributed by atoms with E-state index >= 15 is 0 Å². The topological polar surface area (TPSA) is 49.4 Å². The number of rotatable bonds is 8. The second-order valence-electron chi connectivity index (χ2n) is 6.42. The standard InChI is InChI=1S/C21H25ClN2O2S/c1-15-7-9-17(10-8-15)12-24(16(2)21(26)23-3)20(25)14-27-13-18-5-4-6-19(22)11-18/h4-11,16H,12-14H2,1-3H3,(H,23,26)/t16-/m0/s1. The van der Waals surface area contributed by atoms with Gasteiger partial charge in [-0.25, -0.2) is 0 Å². The highest BCUT2D eigenvalue weighted by Crippen LogP contribution is 2.18. The molecule has 2 aromatic rings. The number of hydrogen-bond donors (Lipinski definition) is 1. The van der Waals surface area contributed by atoms with Crippen molar-refractivity contribution in [1.82, 2.24) is 10.2 Å². The molecule has 0 aliphatic rings. The second-order valence-corrected chi connectivity index (χ2v) is 7.84. The predicted octanol–water partition coefficient (Wildman–Crippen LogP) is 4.04. The monoisotopic (exact) mass is 404 g/mol. The van der Waals surface area contributed by atoms with Crippen molar-refractivity contribution in [3.05, 3.63) is 70.2 Å². The fourth-order valence-corrected chi connectivity index (χ4v) is 3.72. The molecule has 0 aromatic heterocycles. The number of nitrogens with zero attached hydrogens (tertiary/aromatic N) is 1. The number of nitrogens with one attached hydrogen (secondary N) is 1. The first-order chi connectivity index (χ1) is 12.9. The summed E-state index contributed by atoms with van der Waals surface area (Å²) in [5.41, 5.74) is 3.24. The van der Waals surface area contributed by atoms with Crippen molar-refractivity contribution in [2.45, 2.75) is 32.2 Å².